The summed E-state index contributed by atoms with van der Waals surface area (Å²) in [6.45, 7) is 0. The summed E-state index contributed by atoms with van der Waals surface area (Å²) >= 11 is 0. The first-order valence-corrected chi connectivity index (χ1v) is 5.00. The fourth-order valence-corrected chi connectivity index (χ4v) is 1.49. The quantitative estimate of drug-likeness (QED) is 0.812. The van der Waals surface area contributed by atoms with E-state index in [1.54, 1.807) is 0 Å². The van der Waals surface area contributed by atoms with Crippen molar-refractivity contribution < 1.29 is 27.8 Å². The standard InChI is InChI=1S/C11H9F2NO4/c1-17-9(15)5-6-2-3-8-7(4-6)14-10(16)11(12,13)18-8/h2-4H,5H2,1H3,(H,14,16). The van der Waals surface area contributed by atoms with Gasteiger partial charge in [0.1, 0.15) is 0 Å². The average molecular weight is 257 g/mol. The van der Waals surface area contributed by atoms with E-state index in [1.807, 2.05) is 5.32 Å². The second kappa shape index (κ2) is 4.25. The Morgan fingerprint density at radius 2 is 2.22 bits per heavy atom. The van der Waals surface area contributed by atoms with E-state index >= 15 is 0 Å². The van der Waals surface area contributed by atoms with Crippen LogP contribution < -0.4 is 10.1 Å². The number of halogens is 2. The zero-order valence-electron chi connectivity index (χ0n) is 9.33. The molecule has 0 unspecified atom stereocenters. The zero-order valence-corrected chi connectivity index (χ0v) is 9.33. The Balaban J connectivity index is 2.26. The lowest BCUT2D eigenvalue weighted by Crippen LogP contribution is -2.43. The van der Waals surface area contributed by atoms with E-state index < -0.39 is 18.0 Å². The molecule has 0 bridgehead atoms. The smallest absolute Gasteiger partial charge is 0.469 e. The first kappa shape index (κ1) is 12.3. The summed E-state index contributed by atoms with van der Waals surface area (Å²) in [7, 11) is 1.24. The minimum absolute atomic E-state index is 0.0178. The summed E-state index contributed by atoms with van der Waals surface area (Å²) in [5, 5.41) is 2.02. The zero-order chi connectivity index (χ0) is 13.3. The molecule has 2 rings (SSSR count). The lowest BCUT2D eigenvalue weighted by atomic mass is 10.1. The van der Waals surface area contributed by atoms with E-state index in [4.69, 9.17) is 0 Å². The second-order valence-electron chi connectivity index (χ2n) is 3.66. The number of anilines is 1. The normalized spacial score (nSPS) is 16.3. The monoisotopic (exact) mass is 257 g/mol. The van der Waals surface area contributed by atoms with E-state index in [9.17, 15) is 18.4 Å². The van der Waals surface area contributed by atoms with E-state index in [0.717, 1.165) is 0 Å². The van der Waals surface area contributed by atoms with Gasteiger partial charge in [-0.05, 0) is 17.7 Å². The molecule has 1 amide bonds. The van der Waals surface area contributed by atoms with Gasteiger partial charge in [0, 0.05) is 0 Å². The van der Waals surface area contributed by atoms with Gasteiger partial charge in [-0.3, -0.25) is 9.59 Å². The number of carbonyl (C=O) groups is 2. The van der Waals surface area contributed by atoms with Crippen molar-refractivity contribution in [1.29, 1.82) is 0 Å². The van der Waals surface area contributed by atoms with Gasteiger partial charge >= 0.3 is 18.0 Å². The molecule has 0 radical (unpaired) electrons. The number of benzene rings is 1. The molecule has 1 heterocycles. The third kappa shape index (κ3) is 2.24. The van der Waals surface area contributed by atoms with Crippen molar-refractivity contribution in [2.75, 3.05) is 12.4 Å². The summed E-state index contributed by atoms with van der Waals surface area (Å²) in [4.78, 5) is 22.0. The molecule has 0 aromatic heterocycles. The highest BCUT2D eigenvalue weighted by Gasteiger charge is 2.46. The Morgan fingerprint density at radius 1 is 1.50 bits per heavy atom. The molecule has 96 valence electrons. The van der Waals surface area contributed by atoms with Crippen LogP contribution in [0, 0.1) is 0 Å². The minimum Gasteiger partial charge on any atom is -0.469 e. The predicted octanol–water partition coefficient (Wildman–Crippen LogP) is 1.33. The fraction of sp³-hybridized carbons (Fsp3) is 0.273. The summed E-state index contributed by atoms with van der Waals surface area (Å²) in [5.41, 5.74) is 0.627. The molecule has 0 atom stereocenters. The van der Waals surface area contributed by atoms with Crippen molar-refractivity contribution in [2.24, 2.45) is 0 Å². The number of hydrogen-bond donors (Lipinski definition) is 1. The number of alkyl halides is 2. The van der Waals surface area contributed by atoms with Gasteiger partial charge in [0.25, 0.3) is 0 Å². The summed E-state index contributed by atoms with van der Waals surface area (Å²) in [6.07, 6.45) is -3.90. The number of amides is 1. The Labute approximate surface area is 101 Å². The van der Waals surface area contributed by atoms with E-state index in [1.165, 1.54) is 25.3 Å². The molecule has 5 nitrogen and oxygen atoms in total. The third-order valence-electron chi connectivity index (χ3n) is 2.37. The molecule has 1 aliphatic heterocycles. The van der Waals surface area contributed by atoms with Crippen LogP contribution >= 0.6 is 0 Å². The van der Waals surface area contributed by atoms with Gasteiger partial charge in [0.2, 0.25) is 0 Å². The van der Waals surface area contributed by atoms with Gasteiger partial charge < -0.3 is 14.8 Å². The van der Waals surface area contributed by atoms with Gasteiger partial charge in [0.15, 0.2) is 5.75 Å². The molecule has 7 heteroatoms. The maximum absolute atomic E-state index is 12.9. The molecule has 1 aromatic carbocycles. The molecule has 0 saturated carbocycles. The van der Waals surface area contributed by atoms with Gasteiger partial charge in [-0.1, -0.05) is 6.07 Å². The molecule has 0 spiro atoms. The van der Waals surface area contributed by atoms with Gasteiger partial charge in [-0.25, -0.2) is 0 Å². The SMILES string of the molecule is COC(=O)Cc1ccc2c(c1)NC(=O)C(F)(F)O2. The Kier molecular flexibility index (Phi) is 2.90. The highest BCUT2D eigenvalue weighted by molar-refractivity contribution is 5.98. The van der Waals surface area contributed by atoms with Crippen LogP contribution in [0.1, 0.15) is 5.56 Å². The van der Waals surface area contributed by atoms with Crippen LogP contribution in [0.15, 0.2) is 18.2 Å². The number of fused-ring (bicyclic) bond motifs is 1. The molecular weight excluding hydrogens is 248 g/mol. The molecule has 18 heavy (non-hydrogen) atoms. The largest absolute Gasteiger partial charge is 0.482 e. The summed E-state index contributed by atoms with van der Waals surface area (Å²) in [5.74, 6) is -2.15. The number of esters is 1. The summed E-state index contributed by atoms with van der Waals surface area (Å²) < 4.78 is 34.6. The van der Waals surface area contributed by atoms with Crippen molar-refractivity contribution >= 4 is 17.6 Å². The Bertz CT molecular complexity index is 516. The van der Waals surface area contributed by atoms with Gasteiger partial charge in [0.05, 0.1) is 19.2 Å². The topological polar surface area (TPSA) is 64.6 Å². The van der Waals surface area contributed by atoms with Crippen molar-refractivity contribution in [1.82, 2.24) is 0 Å². The Morgan fingerprint density at radius 3 is 2.89 bits per heavy atom. The van der Waals surface area contributed by atoms with Crippen molar-refractivity contribution in [3.8, 4) is 5.75 Å². The molecule has 1 N–H and O–H groups in total. The first-order valence-electron chi connectivity index (χ1n) is 5.00. The molecular formula is C11H9F2NO4. The van der Waals surface area contributed by atoms with Crippen LogP contribution in [-0.2, 0) is 20.7 Å². The van der Waals surface area contributed by atoms with E-state index in [0.29, 0.717) is 5.56 Å². The molecule has 0 fully saturated rings. The molecule has 1 aromatic rings. The maximum atomic E-state index is 12.9. The van der Waals surface area contributed by atoms with Crippen LogP contribution in [0.25, 0.3) is 0 Å². The number of methoxy groups -OCH3 is 1. The third-order valence-corrected chi connectivity index (χ3v) is 2.37. The number of ether oxygens (including phenoxy) is 2. The number of rotatable bonds is 2. The lowest BCUT2D eigenvalue weighted by molar-refractivity contribution is -0.189. The Hall–Kier alpha value is -2.18. The summed E-state index contributed by atoms with van der Waals surface area (Å²) in [6, 6.07) is 4.10. The molecule has 1 aliphatic rings. The second-order valence-corrected chi connectivity index (χ2v) is 3.66. The van der Waals surface area contributed by atoms with Crippen LogP contribution in [0.2, 0.25) is 0 Å². The number of hydrogen-bond acceptors (Lipinski definition) is 4. The number of carbonyl (C=O) groups excluding carboxylic acids is 2. The molecule has 0 saturated heterocycles. The van der Waals surface area contributed by atoms with Crippen molar-refractivity contribution in [2.45, 2.75) is 12.5 Å². The van der Waals surface area contributed by atoms with Crippen LogP contribution in [0.4, 0.5) is 14.5 Å². The van der Waals surface area contributed by atoms with E-state index in [-0.39, 0.29) is 17.9 Å². The fourth-order valence-electron chi connectivity index (χ4n) is 1.49. The predicted molar refractivity (Wildman–Crippen MR) is 56.4 cm³/mol. The van der Waals surface area contributed by atoms with E-state index in [2.05, 4.69) is 9.47 Å². The highest BCUT2D eigenvalue weighted by atomic mass is 19.3. The molecule has 0 aliphatic carbocycles. The maximum Gasteiger partial charge on any atom is 0.482 e. The van der Waals surface area contributed by atoms with Gasteiger partial charge in [-0.2, -0.15) is 8.78 Å². The van der Waals surface area contributed by atoms with Gasteiger partial charge in [-0.15, -0.1) is 0 Å². The average Bonchev–Trinajstić information content (AvgIpc) is 2.30. The number of nitrogens with one attached hydrogen (secondary N) is 1. The highest BCUT2D eigenvalue weighted by Crippen LogP contribution is 2.35. The van der Waals surface area contributed by atoms with Crippen molar-refractivity contribution in [3.63, 3.8) is 0 Å². The minimum atomic E-state index is -3.88. The van der Waals surface area contributed by atoms with Crippen molar-refractivity contribution in [3.05, 3.63) is 23.8 Å². The van der Waals surface area contributed by atoms with Crippen LogP contribution in [0.3, 0.4) is 0 Å². The van der Waals surface area contributed by atoms with Crippen LogP contribution in [-0.4, -0.2) is 25.1 Å². The first-order chi connectivity index (χ1) is 8.42. The van der Waals surface area contributed by atoms with Crippen LogP contribution in [0.5, 0.6) is 5.75 Å². The lowest BCUT2D eigenvalue weighted by Gasteiger charge is -2.24.